The summed E-state index contributed by atoms with van der Waals surface area (Å²) in [6.07, 6.45) is 5.18. The molecule has 0 radical (unpaired) electrons. The van der Waals surface area contributed by atoms with Crippen LogP contribution < -0.4 is 10.2 Å². The lowest BCUT2D eigenvalue weighted by Gasteiger charge is -2.35. The van der Waals surface area contributed by atoms with E-state index in [-0.39, 0.29) is 5.91 Å². The normalized spacial score (nSPS) is 14.2. The fourth-order valence-corrected chi connectivity index (χ4v) is 5.17. The monoisotopic (exact) mass is 551 g/mol. The number of methoxy groups -OCH3 is 1. The fourth-order valence-electron chi connectivity index (χ4n) is 4.14. The van der Waals surface area contributed by atoms with Crippen LogP contribution in [0.4, 0.5) is 5.82 Å². The highest BCUT2D eigenvalue weighted by atomic mass is 35.5. The van der Waals surface area contributed by atoms with Crippen LogP contribution in [0.1, 0.15) is 27.9 Å². The molecular weight excluding hydrogens is 518 g/mol. The minimum Gasteiger partial charge on any atom is -0.385 e. The van der Waals surface area contributed by atoms with Gasteiger partial charge in [-0.3, -0.25) is 9.69 Å². The van der Waals surface area contributed by atoms with Crippen molar-refractivity contribution in [2.24, 2.45) is 0 Å². The van der Waals surface area contributed by atoms with Gasteiger partial charge < -0.3 is 15.0 Å². The van der Waals surface area contributed by atoms with Crippen molar-refractivity contribution in [3.63, 3.8) is 0 Å². The Hall–Kier alpha value is -2.91. The maximum absolute atomic E-state index is 12.4. The van der Waals surface area contributed by atoms with E-state index < -0.39 is 0 Å². The van der Waals surface area contributed by atoms with Crippen LogP contribution in [0.2, 0.25) is 5.15 Å². The Labute approximate surface area is 234 Å². The van der Waals surface area contributed by atoms with Gasteiger partial charge in [-0.2, -0.15) is 0 Å². The maximum Gasteiger partial charge on any atom is 0.251 e. The molecule has 1 amide bonds. The summed E-state index contributed by atoms with van der Waals surface area (Å²) in [4.78, 5) is 26.3. The summed E-state index contributed by atoms with van der Waals surface area (Å²) in [6, 6.07) is 19.9. The number of ether oxygens (including phenoxy) is 1. The number of hydrogen-bond donors (Lipinski definition) is 1. The Morgan fingerprint density at radius 3 is 2.68 bits per heavy atom. The summed E-state index contributed by atoms with van der Waals surface area (Å²) >= 11 is 7.89. The zero-order valence-electron chi connectivity index (χ0n) is 21.7. The van der Waals surface area contributed by atoms with Crippen LogP contribution in [0.3, 0.4) is 0 Å². The van der Waals surface area contributed by atoms with Crippen LogP contribution in [0.25, 0.3) is 6.08 Å². The number of nitrogens with zero attached hydrogens (tertiary/aromatic N) is 4. The van der Waals surface area contributed by atoms with Gasteiger partial charge in [0.25, 0.3) is 5.91 Å². The Morgan fingerprint density at radius 1 is 1.08 bits per heavy atom. The van der Waals surface area contributed by atoms with Gasteiger partial charge in [0.05, 0.1) is 0 Å². The summed E-state index contributed by atoms with van der Waals surface area (Å²) in [5.41, 5.74) is 2.89. The van der Waals surface area contributed by atoms with Crippen molar-refractivity contribution in [3.05, 3.63) is 88.6 Å². The number of carbonyl (C=O) groups excluding carboxylic acids is 1. The molecule has 0 unspecified atom stereocenters. The summed E-state index contributed by atoms with van der Waals surface area (Å²) in [5.74, 6) is 1.42. The maximum atomic E-state index is 12.4. The highest BCUT2D eigenvalue weighted by molar-refractivity contribution is 7.98. The molecule has 38 heavy (non-hydrogen) atoms. The molecule has 1 aliphatic heterocycles. The number of aromatic nitrogens is 2. The molecule has 0 aliphatic carbocycles. The molecule has 0 bridgehead atoms. The summed E-state index contributed by atoms with van der Waals surface area (Å²) in [7, 11) is 1.66. The number of carbonyl (C=O) groups is 1. The highest BCUT2D eigenvalue weighted by Crippen LogP contribution is 2.25. The summed E-state index contributed by atoms with van der Waals surface area (Å²) in [5, 5.41) is 4.00. The number of piperazine rings is 1. The van der Waals surface area contributed by atoms with Gasteiger partial charge >= 0.3 is 0 Å². The zero-order valence-corrected chi connectivity index (χ0v) is 23.3. The third kappa shape index (κ3) is 8.84. The second-order valence-electron chi connectivity index (χ2n) is 9.02. The number of anilines is 1. The molecule has 1 fully saturated rings. The van der Waals surface area contributed by atoms with Crippen LogP contribution in [0, 0.1) is 0 Å². The SMILES string of the molecule is COCCCNC(=O)c1cccc(CSc2nc(Cl)cc(N3CCN(C/C=C/c4ccccc4)CC3)n2)c1. The fraction of sp³-hybridized carbons (Fsp3) is 0.345. The molecular formula is C29H34ClN5O2S. The van der Waals surface area contributed by atoms with Crippen molar-refractivity contribution in [1.29, 1.82) is 0 Å². The van der Waals surface area contributed by atoms with Crippen molar-refractivity contribution in [2.45, 2.75) is 17.3 Å². The third-order valence-electron chi connectivity index (χ3n) is 6.20. The van der Waals surface area contributed by atoms with E-state index in [0.717, 1.165) is 50.5 Å². The molecule has 1 aliphatic rings. The lowest BCUT2D eigenvalue weighted by atomic mass is 10.1. The number of nitrogens with one attached hydrogen (secondary N) is 1. The summed E-state index contributed by atoms with van der Waals surface area (Å²) < 4.78 is 5.03. The Morgan fingerprint density at radius 2 is 1.89 bits per heavy atom. The van der Waals surface area contributed by atoms with Crippen molar-refractivity contribution >= 4 is 41.2 Å². The molecule has 1 N–H and O–H groups in total. The van der Waals surface area contributed by atoms with Gasteiger partial charge in [0.2, 0.25) is 0 Å². The van der Waals surface area contributed by atoms with Gasteiger partial charge in [-0.05, 0) is 29.7 Å². The van der Waals surface area contributed by atoms with Gasteiger partial charge in [0.1, 0.15) is 11.0 Å². The standard InChI is InChI=1S/C29H34ClN5O2S/c1-37-19-7-13-31-28(36)25-12-5-10-24(20-25)22-38-29-32-26(30)21-27(33-29)35-17-15-34(16-18-35)14-6-11-23-8-3-2-4-9-23/h2-6,8-12,20-21H,7,13-19,22H2,1H3,(H,31,36)/b11-6+. The minimum atomic E-state index is -0.0797. The van der Waals surface area contributed by atoms with Gasteiger partial charge in [-0.25, -0.2) is 9.97 Å². The molecule has 4 rings (SSSR count). The predicted octanol–water partition coefficient (Wildman–Crippen LogP) is 5.02. The Bertz CT molecular complexity index is 1200. The predicted molar refractivity (Wildman–Crippen MR) is 156 cm³/mol. The largest absolute Gasteiger partial charge is 0.385 e. The first kappa shape index (κ1) is 28.1. The number of hydrogen-bond acceptors (Lipinski definition) is 7. The topological polar surface area (TPSA) is 70.6 Å². The Balaban J connectivity index is 1.28. The Kier molecular flexibility index (Phi) is 11.0. The number of amides is 1. The number of rotatable bonds is 12. The average Bonchev–Trinajstić information content (AvgIpc) is 2.95. The molecule has 2 heterocycles. The van der Waals surface area contributed by atoms with E-state index in [1.807, 2.05) is 36.4 Å². The van der Waals surface area contributed by atoms with E-state index in [1.165, 1.54) is 17.3 Å². The van der Waals surface area contributed by atoms with E-state index in [1.54, 1.807) is 7.11 Å². The van der Waals surface area contributed by atoms with Crippen LogP contribution in [-0.2, 0) is 10.5 Å². The zero-order chi connectivity index (χ0) is 26.6. The van der Waals surface area contributed by atoms with Crippen LogP contribution in [0.5, 0.6) is 0 Å². The van der Waals surface area contributed by atoms with Gasteiger partial charge in [-0.1, -0.05) is 78.0 Å². The molecule has 3 aromatic rings. The highest BCUT2D eigenvalue weighted by Gasteiger charge is 2.19. The van der Waals surface area contributed by atoms with E-state index in [2.05, 4.69) is 56.5 Å². The molecule has 7 nitrogen and oxygen atoms in total. The lowest BCUT2D eigenvalue weighted by Crippen LogP contribution is -2.46. The molecule has 2 aromatic carbocycles. The van der Waals surface area contributed by atoms with E-state index in [9.17, 15) is 4.79 Å². The quantitative estimate of drug-likeness (QED) is 0.147. The molecule has 0 atom stereocenters. The minimum absolute atomic E-state index is 0.0797. The van der Waals surface area contributed by atoms with Gasteiger partial charge in [0, 0.05) is 70.4 Å². The van der Waals surface area contributed by atoms with Crippen LogP contribution in [-0.4, -0.2) is 73.8 Å². The van der Waals surface area contributed by atoms with Crippen molar-refractivity contribution in [2.75, 3.05) is 57.9 Å². The van der Waals surface area contributed by atoms with E-state index in [4.69, 9.17) is 21.3 Å². The van der Waals surface area contributed by atoms with E-state index >= 15 is 0 Å². The van der Waals surface area contributed by atoms with Crippen molar-refractivity contribution in [3.8, 4) is 0 Å². The van der Waals surface area contributed by atoms with E-state index in [0.29, 0.717) is 34.8 Å². The molecule has 1 aromatic heterocycles. The second kappa shape index (κ2) is 14.9. The molecule has 1 saturated heterocycles. The second-order valence-corrected chi connectivity index (χ2v) is 10.4. The van der Waals surface area contributed by atoms with Crippen molar-refractivity contribution in [1.82, 2.24) is 20.2 Å². The van der Waals surface area contributed by atoms with Crippen molar-refractivity contribution < 1.29 is 9.53 Å². The molecule has 0 spiro atoms. The smallest absolute Gasteiger partial charge is 0.251 e. The van der Waals surface area contributed by atoms with Crippen LogP contribution >= 0.6 is 23.4 Å². The number of benzene rings is 2. The molecule has 9 heteroatoms. The summed E-state index contributed by atoms with van der Waals surface area (Å²) in [6.45, 7) is 5.84. The number of halogens is 1. The molecule has 0 saturated carbocycles. The lowest BCUT2D eigenvalue weighted by molar-refractivity contribution is 0.0948. The third-order valence-corrected chi connectivity index (χ3v) is 7.31. The number of thioether (sulfide) groups is 1. The van der Waals surface area contributed by atoms with Crippen LogP contribution in [0.15, 0.2) is 71.9 Å². The average molecular weight is 552 g/mol. The first-order valence-corrected chi connectivity index (χ1v) is 14.2. The van der Waals surface area contributed by atoms with Gasteiger partial charge in [-0.15, -0.1) is 0 Å². The van der Waals surface area contributed by atoms with Gasteiger partial charge in [0.15, 0.2) is 5.16 Å². The first-order chi connectivity index (χ1) is 18.6. The molecule has 200 valence electrons. The first-order valence-electron chi connectivity index (χ1n) is 12.8.